The topological polar surface area (TPSA) is 149 Å². The Kier molecular flexibility index (Phi) is 4.13. The molecule has 0 rings (SSSR count). The van der Waals surface area contributed by atoms with Crippen LogP contribution in [0.3, 0.4) is 0 Å². The summed E-state index contributed by atoms with van der Waals surface area (Å²) in [7, 11) is 0. The number of amidine groups is 2. The minimum absolute atomic E-state index is 0. The molecule has 0 atom stereocenters. The minimum Gasteiger partial charge on any atom is -0.321 e. The van der Waals surface area contributed by atoms with E-state index in [1.54, 1.807) is 0 Å². The molecule has 8 nitrogen and oxygen atoms in total. The maximum absolute atomic E-state index is 6.52. The van der Waals surface area contributed by atoms with E-state index in [-0.39, 0.29) is 18.1 Å². The lowest BCUT2D eigenvalue weighted by atomic mass is 10.4. The van der Waals surface area contributed by atoms with Gasteiger partial charge < -0.3 is 11.7 Å². The maximum atomic E-state index is 6.52. The van der Waals surface area contributed by atoms with Gasteiger partial charge in [0.05, 0.1) is 6.42 Å². The molecule has 0 bridgehead atoms. The number of nitrogens with zero attached hydrogens (tertiary/aromatic N) is 4. The highest BCUT2D eigenvalue weighted by Crippen LogP contribution is 1.91. The van der Waals surface area contributed by atoms with Crippen LogP contribution in [0.4, 0.5) is 0 Å². The van der Waals surface area contributed by atoms with Crippen LogP contribution in [-0.4, -0.2) is 11.7 Å². The van der Waals surface area contributed by atoms with Gasteiger partial charge in [-0.15, -0.1) is 10.2 Å². The number of hydrogen-bond acceptors (Lipinski definition) is 6. The molecule has 0 aromatic heterocycles. The van der Waals surface area contributed by atoms with Gasteiger partial charge in [0.15, 0.2) is 11.7 Å². The molecule has 8 heteroatoms. The number of rotatable bonds is 2. The fourth-order valence-corrected chi connectivity index (χ4v) is 0.370. The van der Waals surface area contributed by atoms with Crippen LogP contribution in [0, 0.1) is 11.1 Å². The van der Waals surface area contributed by atoms with Crippen LogP contribution in [0.25, 0.3) is 0 Å². The summed E-state index contributed by atoms with van der Waals surface area (Å²) in [4.78, 5) is 0. The number of hydrazone groups is 2. The monoisotopic (exact) mass is 156 g/mol. The summed E-state index contributed by atoms with van der Waals surface area (Å²) in [5.41, 5.74) is 13.0. The SMILES string of the molecule is N=NC(CC(N=N)=NN)=NN. The van der Waals surface area contributed by atoms with Crippen molar-refractivity contribution >= 4 is 11.7 Å². The van der Waals surface area contributed by atoms with E-state index < -0.39 is 0 Å². The van der Waals surface area contributed by atoms with Gasteiger partial charge in [0.1, 0.15) is 0 Å². The van der Waals surface area contributed by atoms with Gasteiger partial charge in [0.25, 0.3) is 0 Å². The molecule has 11 heavy (non-hydrogen) atoms. The van der Waals surface area contributed by atoms with Crippen molar-refractivity contribution in [2.45, 2.75) is 6.42 Å². The van der Waals surface area contributed by atoms with Crippen LogP contribution in [-0.2, 0) is 0 Å². The number of nitrogens with two attached hydrogens (primary N) is 2. The average molecular weight is 156 g/mol. The Hall–Kier alpha value is -1.86. The van der Waals surface area contributed by atoms with Gasteiger partial charge in [-0.2, -0.15) is 10.2 Å². The van der Waals surface area contributed by atoms with E-state index in [1.165, 1.54) is 0 Å². The van der Waals surface area contributed by atoms with E-state index in [9.17, 15) is 0 Å². The van der Waals surface area contributed by atoms with Crippen LogP contribution in [0.15, 0.2) is 20.4 Å². The second-order valence-electron chi connectivity index (χ2n) is 1.49. The summed E-state index contributed by atoms with van der Waals surface area (Å²) in [5, 5.41) is 12.1. The third-order valence-corrected chi connectivity index (χ3v) is 0.872. The molecule has 0 spiro atoms. The molecule has 0 amide bonds. The van der Waals surface area contributed by atoms with E-state index in [2.05, 4.69) is 20.4 Å². The first-order chi connectivity index (χ1) is 5.28. The van der Waals surface area contributed by atoms with Crippen molar-refractivity contribution in [3.05, 3.63) is 0 Å². The molecular formula is C3H8N8. The van der Waals surface area contributed by atoms with Crippen molar-refractivity contribution in [3.63, 3.8) is 0 Å². The Labute approximate surface area is 62.4 Å². The predicted molar refractivity (Wildman–Crippen MR) is 38.2 cm³/mol. The highest BCUT2D eigenvalue weighted by molar-refractivity contribution is 6.02. The second kappa shape index (κ2) is 4.97. The van der Waals surface area contributed by atoms with E-state index in [4.69, 9.17) is 22.7 Å². The van der Waals surface area contributed by atoms with E-state index in [1.807, 2.05) is 0 Å². The van der Waals surface area contributed by atoms with Gasteiger partial charge in [-0.1, -0.05) is 0 Å². The van der Waals surface area contributed by atoms with Crippen molar-refractivity contribution in [2.24, 2.45) is 32.1 Å². The Morgan fingerprint density at radius 2 is 1.36 bits per heavy atom. The zero-order valence-electron chi connectivity index (χ0n) is 5.65. The molecule has 6 N–H and O–H groups in total. The van der Waals surface area contributed by atoms with Crippen molar-refractivity contribution in [2.75, 3.05) is 0 Å². The van der Waals surface area contributed by atoms with Gasteiger partial charge in [-0.05, 0) is 0 Å². The first-order valence-corrected chi connectivity index (χ1v) is 2.57. The lowest BCUT2D eigenvalue weighted by Gasteiger charge is -1.93. The third kappa shape index (κ3) is 2.98. The normalized spacial score (nSPS) is 12.7. The molecule has 0 saturated carbocycles. The zero-order chi connectivity index (χ0) is 8.69. The molecule has 0 heterocycles. The highest BCUT2D eigenvalue weighted by Gasteiger charge is 2.02. The summed E-state index contributed by atoms with van der Waals surface area (Å²) in [6.45, 7) is 0. The molecule has 60 valence electrons. The smallest absolute Gasteiger partial charge is 0.177 e. The molecule has 0 fully saturated rings. The molecule has 0 aliphatic heterocycles. The van der Waals surface area contributed by atoms with Gasteiger partial charge in [-0.25, -0.2) is 11.1 Å². The molecular weight excluding hydrogens is 148 g/mol. The maximum Gasteiger partial charge on any atom is 0.177 e. The van der Waals surface area contributed by atoms with Gasteiger partial charge in [-0.3, -0.25) is 0 Å². The molecule has 0 aliphatic carbocycles. The predicted octanol–water partition coefficient (Wildman–Crippen LogP) is -0.0172. The highest BCUT2D eigenvalue weighted by atomic mass is 15.2. The zero-order valence-corrected chi connectivity index (χ0v) is 5.65. The summed E-state index contributed by atoms with van der Waals surface area (Å²) >= 11 is 0. The standard InChI is InChI=1S/C3H8N8/c4-8-2(9-5)1-3(10-6)11-7/h4,6H,1,5,7H2. The fraction of sp³-hybridized carbons (Fsp3) is 0.333. The van der Waals surface area contributed by atoms with E-state index in [0.717, 1.165) is 0 Å². The van der Waals surface area contributed by atoms with Gasteiger partial charge in [0, 0.05) is 0 Å². The van der Waals surface area contributed by atoms with Crippen molar-refractivity contribution in [1.82, 2.24) is 0 Å². The summed E-state index contributed by atoms with van der Waals surface area (Å²) in [5.74, 6) is 9.67. The quantitative estimate of drug-likeness (QED) is 0.146. The van der Waals surface area contributed by atoms with E-state index in [0.29, 0.717) is 0 Å². The Morgan fingerprint density at radius 1 is 1.00 bits per heavy atom. The summed E-state index contributed by atoms with van der Waals surface area (Å²) in [6, 6.07) is 0. The minimum atomic E-state index is 0. The molecule has 0 radical (unpaired) electrons. The fourth-order valence-electron chi connectivity index (χ4n) is 0.370. The van der Waals surface area contributed by atoms with Crippen LogP contribution < -0.4 is 11.7 Å². The first-order valence-electron chi connectivity index (χ1n) is 2.57. The number of hydrogen-bond donors (Lipinski definition) is 4. The van der Waals surface area contributed by atoms with Crippen LogP contribution in [0.1, 0.15) is 6.42 Å². The van der Waals surface area contributed by atoms with Crippen LogP contribution in [0.5, 0.6) is 0 Å². The van der Waals surface area contributed by atoms with Crippen LogP contribution >= 0.6 is 0 Å². The lowest BCUT2D eigenvalue weighted by Crippen LogP contribution is -2.06. The molecule has 0 saturated heterocycles. The Bertz CT molecular complexity index is 179. The average Bonchev–Trinajstić information content (AvgIpc) is 2.07. The first kappa shape index (κ1) is 9.14. The Morgan fingerprint density at radius 3 is 1.55 bits per heavy atom. The largest absolute Gasteiger partial charge is 0.321 e. The van der Waals surface area contributed by atoms with E-state index >= 15 is 0 Å². The third-order valence-electron chi connectivity index (χ3n) is 0.872. The summed E-state index contributed by atoms with van der Waals surface area (Å²) in [6.07, 6.45) is 0. The lowest BCUT2D eigenvalue weighted by molar-refractivity contribution is 1.07. The van der Waals surface area contributed by atoms with Crippen molar-refractivity contribution < 1.29 is 0 Å². The Balaban J connectivity index is 4.22. The van der Waals surface area contributed by atoms with Gasteiger partial charge >= 0.3 is 0 Å². The van der Waals surface area contributed by atoms with Crippen LogP contribution in [0.2, 0.25) is 0 Å². The second-order valence-corrected chi connectivity index (χ2v) is 1.49. The van der Waals surface area contributed by atoms with Crippen molar-refractivity contribution in [3.8, 4) is 0 Å². The van der Waals surface area contributed by atoms with Crippen molar-refractivity contribution in [1.29, 1.82) is 11.1 Å². The molecule has 0 unspecified atom stereocenters. The number of nitrogens with one attached hydrogen (secondary N) is 2. The molecule has 0 aromatic rings. The molecule has 0 aromatic carbocycles. The van der Waals surface area contributed by atoms with Gasteiger partial charge in [0.2, 0.25) is 0 Å². The molecule has 0 aliphatic rings. The summed E-state index contributed by atoms with van der Waals surface area (Å²) < 4.78 is 0.